The van der Waals surface area contributed by atoms with Gasteiger partial charge in [0.05, 0.1) is 31.4 Å². The first-order valence-corrected chi connectivity index (χ1v) is 14.4. The van der Waals surface area contributed by atoms with E-state index in [1.54, 1.807) is 0 Å². The third-order valence-electron chi connectivity index (χ3n) is 8.37. The number of carboxylic acid groups (broad SMARTS) is 1. The highest BCUT2D eigenvalue weighted by molar-refractivity contribution is 5.88. The van der Waals surface area contributed by atoms with Crippen molar-refractivity contribution < 1.29 is 42.1 Å². The number of amides is 1. The van der Waals surface area contributed by atoms with Crippen molar-refractivity contribution in [2.75, 3.05) is 13.7 Å². The first-order valence-electron chi connectivity index (χ1n) is 14.4. The van der Waals surface area contributed by atoms with Crippen LogP contribution >= 0.6 is 0 Å². The van der Waals surface area contributed by atoms with Crippen LogP contribution in [0.3, 0.4) is 0 Å². The van der Waals surface area contributed by atoms with E-state index in [0.29, 0.717) is 25.0 Å². The van der Waals surface area contributed by atoms with Crippen LogP contribution in [0, 0.1) is 11.3 Å². The number of halogens is 3. The van der Waals surface area contributed by atoms with Crippen molar-refractivity contribution in [3.63, 3.8) is 0 Å². The minimum Gasteiger partial charge on any atom is -0.496 e. The van der Waals surface area contributed by atoms with Crippen LogP contribution in [0.2, 0.25) is 0 Å². The number of methoxy groups -OCH3 is 1. The van der Waals surface area contributed by atoms with Gasteiger partial charge in [-0.15, -0.1) is 0 Å². The highest BCUT2D eigenvalue weighted by Gasteiger charge is 2.59. The van der Waals surface area contributed by atoms with Crippen molar-refractivity contribution >= 4 is 11.9 Å². The second-order valence-corrected chi connectivity index (χ2v) is 12.1. The lowest BCUT2D eigenvalue weighted by atomic mass is 9.73. The number of aryl methyl sites for hydroxylation is 1. The minimum absolute atomic E-state index is 0.0129. The molecule has 0 radical (unpaired) electrons. The van der Waals surface area contributed by atoms with Crippen LogP contribution in [0.15, 0.2) is 42.5 Å². The molecule has 0 aliphatic carbocycles. The van der Waals surface area contributed by atoms with Gasteiger partial charge in [0.1, 0.15) is 17.9 Å². The van der Waals surface area contributed by atoms with E-state index in [-0.39, 0.29) is 18.3 Å². The van der Waals surface area contributed by atoms with Gasteiger partial charge in [-0.1, -0.05) is 58.0 Å². The van der Waals surface area contributed by atoms with E-state index in [0.717, 1.165) is 36.1 Å². The van der Waals surface area contributed by atoms with E-state index in [4.69, 9.17) is 14.2 Å². The van der Waals surface area contributed by atoms with Gasteiger partial charge in [0.2, 0.25) is 0 Å². The van der Waals surface area contributed by atoms with Crippen molar-refractivity contribution in [3.8, 4) is 5.75 Å². The number of carboxylic acids is 1. The third kappa shape index (κ3) is 6.44. The van der Waals surface area contributed by atoms with Crippen molar-refractivity contribution in [1.29, 1.82) is 0 Å². The highest BCUT2D eigenvalue weighted by atomic mass is 19.4. The number of carbonyl (C=O) groups excluding carboxylic acids is 1. The summed E-state index contributed by atoms with van der Waals surface area (Å²) < 4.78 is 57.8. The molecule has 4 rings (SSSR count). The van der Waals surface area contributed by atoms with E-state index in [1.807, 2.05) is 52.0 Å². The fourth-order valence-corrected chi connectivity index (χ4v) is 6.39. The van der Waals surface area contributed by atoms with Gasteiger partial charge in [0, 0.05) is 18.1 Å². The Hall–Kier alpha value is -3.11. The summed E-state index contributed by atoms with van der Waals surface area (Å²) in [6.07, 6.45) is -3.32. The molecule has 1 N–H and O–H groups in total. The number of benzene rings is 2. The number of carbonyl (C=O) groups is 2. The van der Waals surface area contributed by atoms with Gasteiger partial charge in [-0.3, -0.25) is 4.79 Å². The van der Waals surface area contributed by atoms with Crippen LogP contribution in [0.4, 0.5) is 13.2 Å². The van der Waals surface area contributed by atoms with Crippen LogP contribution in [0.5, 0.6) is 5.75 Å². The summed E-state index contributed by atoms with van der Waals surface area (Å²) in [5, 5.41) is 10.6. The van der Waals surface area contributed by atoms with Crippen LogP contribution in [-0.4, -0.2) is 53.8 Å². The van der Waals surface area contributed by atoms with Gasteiger partial charge in [-0.25, -0.2) is 4.79 Å². The predicted molar refractivity (Wildman–Crippen MR) is 150 cm³/mol. The number of alkyl halides is 3. The molecule has 2 aromatic rings. The number of ether oxygens (including phenoxy) is 3. The molecule has 10 heteroatoms. The molecule has 230 valence electrons. The fraction of sp³-hybridized carbons (Fsp3) is 0.562. The van der Waals surface area contributed by atoms with Crippen molar-refractivity contribution in [3.05, 3.63) is 64.7 Å². The lowest BCUT2D eigenvalue weighted by Crippen LogP contribution is -2.51. The first kappa shape index (κ1) is 31.8. The van der Waals surface area contributed by atoms with Crippen LogP contribution in [0.25, 0.3) is 0 Å². The Bertz CT molecular complexity index is 1270. The molecule has 0 saturated carbocycles. The molecule has 0 aromatic heterocycles. The Kier molecular flexibility index (Phi) is 9.57. The molecular formula is C32H40F3NO6. The van der Waals surface area contributed by atoms with E-state index < -0.39 is 53.3 Å². The zero-order valence-electron chi connectivity index (χ0n) is 24.7. The molecule has 2 fully saturated rings. The average molecular weight is 592 g/mol. The van der Waals surface area contributed by atoms with Crippen LogP contribution in [-0.2, 0) is 38.3 Å². The topological polar surface area (TPSA) is 85.3 Å². The molecule has 2 aliphatic heterocycles. The second kappa shape index (κ2) is 12.6. The summed E-state index contributed by atoms with van der Waals surface area (Å²) in [5.74, 6) is -2.17. The molecule has 1 amide bonds. The molecule has 5 atom stereocenters. The number of likely N-dealkylation sites (tertiary alicyclic amines) is 1. The Morgan fingerprint density at radius 2 is 1.79 bits per heavy atom. The number of aliphatic carboxylic acids is 1. The van der Waals surface area contributed by atoms with E-state index >= 15 is 0 Å². The summed E-state index contributed by atoms with van der Waals surface area (Å²) in [6, 6.07) is 8.83. The number of rotatable bonds is 8. The van der Waals surface area contributed by atoms with Crippen molar-refractivity contribution in [2.45, 2.75) is 90.5 Å². The van der Waals surface area contributed by atoms with Crippen LogP contribution in [0.1, 0.15) is 75.3 Å². The highest BCUT2D eigenvalue weighted by Crippen LogP contribution is 2.51. The predicted octanol–water partition coefficient (Wildman–Crippen LogP) is 6.43. The maximum absolute atomic E-state index is 14.2. The zero-order chi connectivity index (χ0) is 30.8. The lowest BCUT2D eigenvalue weighted by Gasteiger charge is -2.35. The van der Waals surface area contributed by atoms with Gasteiger partial charge in [-0.05, 0) is 54.4 Å². The van der Waals surface area contributed by atoms with E-state index in [2.05, 4.69) is 0 Å². The van der Waals surface area contributed by atoms with Gasteiger partial charge >= 0.3 is 12.1 Å². The Morgan fingerprint density at radius 3 is 2.36 bits per heavy atom. The monoisotopic (exact) mass is 591 g/mol. The smallest absolute Gasteiger partial charge is 0.416 e. The molecule has 0 unspecified atom stereocenters. The molecule has 2 heterocycles. The molecule has 0 bridgehead atoms. The summed E-state index contributed by atoms with van der Waals surface area (Å²) in [4.78, 5) is 28.7. The Morgan fingerprint density at radius 1 is 1.07 bits per heavy atom. The maximum Gasteiger partial charge on any atom is 0.416 e. The van der Waals surface area contributed by atoms with Crippen LogP contribution < -0.4 is 4.74 Å². The minimum atomic E-state index is -4.54. The normalized spacial score (nSPS) is 25.0. The quantitative estimate of drug-likeness (QED) is 0.381. The largest absolute Gasteiger partial charge is 0.496 e. The third-order valence-corrected chi connectivity index (χ3v) is 8.37. The number of nitrogens with zero attached hydrogens (tertiary/aromatic N) is 1. The van der Waals surface area contributed by atoms with Gasteiger partial charge in [0.15, 0.2) is 0 Å². The lowest BCUT2D eigenvalue weighted by molar-refractivity contribution is -0.159. The van der Waals surface area contributed by atoms with Crippen molar-refractivity contribution in [1.82, 2.24) is 4.90 Å². The standard InChI is InChI=1S/C32H40F3NO6/c1-6-19-11-7-8-12-22(19)26-28(42-18-20-14-15-21(32(33,34)35)17-24(20)40-5)25(31(2,3)4)27(30(38)39)36(26)29(37)23-13-9-10-16-41-23/h7-8,11-12,14-15,17,23,25-28H,6,9-10,13,16,18H2,1-5H3,(H,38,39)/t23-,25+,26-,27-,28-/m0/s1. The molecule has 2 aromatic carbocycles. The number of hydrogen-bond acceptors (Lipinski definition) is 5. The Labute approximate surface area is 244 Å². The van der Waals surface area contributed by atoms with Gasteiger partial charge in [-0.2, -0.15) is 13.2 Å². The SMILES string of the molecule is CCc1ccccc1[C@H]1[C@@H](OCc2ccc(C(F)(F)F)cc2OC)[C@H](C(C)(C)C)[C@@H](C(=O)O)N1C(=O)[C@@H]1CCCCO1. The molecule has 42 heavy (non-hydrogen) atoms. The molecule has 0 spiro atoms. The maximum atomic E-state index is 14.2. The summed E-state index contributed by atoms with van der Waals surface area (Å²) in [6.45, 7) is 8.01. The summed E-state index contributed by atoms with van der Waals surface area (Å²) in [7, 11) is 1.29. The van der Waals surface area contributed by atoms with Gasteiger partial charge in [0.25, 0.3) is 5.91 Å². The Balaban J connectivity index is 1.84. The summed E-state index contributed by atoms with van der Waals surface area (Å²) in [5.41, 5.74) is 0.644. The zero-order valence-corrected chi connectivity index (χ0v) is 24.7. The van der Waals surface area contributed by atoms with E-state index in [1.165, 1.54) is 18.1 Å². The summed E-state index contributed by atoms with van der Waals surface area (Å²) >= 11 is 0. The van der Waals surface area contributed by atoms with Crippen molar-refractivity contribution in [2.24, 2.45) is 11.3 Å². The molecule has 7 nitrogen and oxygen atoms in total. The molecular weight excluding hydrogens is 551 g/mol. The number of hydrogen-bond donors (Lipinski definition) is 1. The molecule has 2 aliphatic rings. The fourth-order valence-electron chi connectivity index (χ4n) is 6.39. The second-order valence-electron chi connectivity index (χ2n) is 12.1. The van der Waals surface area contributed by atoms with E-state index in [9.17, 15) is 27.9 Å². The average Bonchev–Trinajstić information content (AvgIpc) is 3.31. The van der Waals surface area contributed by atoms with Gasteiger partial charge < -0.3 is 24.2 Å². The molecule has 2 saturated heterocycles. The first-order chi connectivity index (χ1) is 19.8.